The number of nitrogens with one attached hydrogen (secondary N) is 1. The van der Waals surface area contributed by atoms with Gasteiger partial charge in [0.2, 0.25) is 0 Å². The fourth-order valence-corrected chi connectivity index (χ4v) is 2.48. The Morgan fingerprint density at radius 1 is 1.05 bits per heavy atom. The van der Waals surface area contributed by atoms with E-state index in [0.29, 0.717) is 6.61 Å². The minimum absolute atomic E-state index is 0.116. The fourth-order valence-electron chi connectivity index (χ4n) is 2.36. The maximum absolute atomic E-state index is 6.00. The molecule has 2 aromatic carbocycles. The summed E-state index contributed by atoms with van der Waals surface area (Å²) in [5.41, 5.74) is 2.36. The molecule has 1 N–H and O–H groups in total. The van der Waals surface area contributed by atoms with E-state index < -0.39 is 0 Å². The van der Waals surface area contributed by atoms with E-state index in [-0.39, 0.29) is 6.04 Å². The summed E-state index contributed by atoms with van der Waals surface area (Å²) in [5, 5.41) is 4.35. The maximum Gasteiger partial charge on any atom is 0.124 e. The summed E-state index contributed by atoms with van der Waals surface area (Å²) < 4.78 is 5.78. The highest BCUT2D eigenvalue weighted by molar-refractivity contribution is 6.30. The van der Waals surface area contributed by atoms with Gasteiger partial charge in [0, 0.05) is 10.6 Å². The lowest BCUT2D eigenvalue weighted by molar-refractivity contribution is 0.333. The van der Waals surface area contributed by atoms with Gasteiger partial charge < -0.3 is 10.1 Å². The van der Waals surface area contributed by atoms with Gasteiger partial charge in [0.05, 0.1) is 12.6 Å². The smallest absolute Gasteiger partial charge is 0.124 e. The van der Waals surface area contributed by atoms with Crippen LogP contribution in [0.2, 0.25) is 5.02 Å². The number of hydrogen-bond donors (Lipinski definition) is 1. The molecule has 21 heavy (non-hydrogen) atoms. The molecule has 3 heteroatoms. The predicted octanol–water partition coefficient (Wildman–Crippen LogP) is 4.83. The molecule has 2 rings (SSSR count). The van der Waals surface area contributed by atoms with Crippen molar-refractivity contribution in [2.75, 3.05) is 13.2 Å². The van der Waals surface area contributed by atoms with E-state index in [1.54, 1.807) is 0 Å². The zero-order valence-corrected chi connectivity index (χ0v) is 13.4. The van der Waals surface area contributed by atoms with Gasteiger partial charge >= 0.3 is 0 Å². The first-order valence-corrected chi connectivity index (χ1v) is 7.84. The summed E-state index contributed by atoms with van der Waals surface area (Å²) >= 11 is 6.00. The molecule has 0 radical (unpaired) electrons. The average molecular weight is 304 g/mol. The molecule has 0 saturated heterocycles. The SMILES string of the molecule is CCCNC(c1ccc(Cl)cc1)c1ccccc1OCC. The van der Waals surface area contributed by atoms with Gasteiger partial charge in [0.1, 0.15) is 5.75 Å². The summed E-state index contributed by atoms with van der Waals surface area (Å²) in [5.74, 6) is 0.934. The van der Waals surface area contributed by atoms with Gasteiger partial charge in [-0.1, -0.05) is 48.9 Å². The Labute approximate surface area is 132 Å². The number of para-hydroxylation sites is 1. The van der Waals surface area contributed by atoms with Crippen LogP contribution in [0.25, 0.3) is 0 Å². The van der Waals surface area contributed by atoms with Gasteiger partial charge in [0.15, 0.2) is 0 Å². The highest BCUT2D eigenvalue weighted by Crippen LogP contribution is 2.30. The molecular formula is C18H22ClNO. The molecule has 0 aromatic heterocycles. The van der Waals surface area contributed by atoms with Gasteiger partial charge in [-0.05, 0) is 43.7 Å². The molecule has 112 valence electrons. The van der Waals surface area contributed by atoms with Crippen LogP contribution in [0, 0.1) is 0 Å². The molecule has 0 aliphatic carbocycles. The molecule has 0 spiro atoms. The Morgan fingerprint density at radius 3 is 2.43 bits per heavy atom. The molecule has 0 aliphatic rings. The van der Waals surface area contributed by atoms with Crippen molar-refractivity contribution in [1.29, 1.82) is 0 Å². The number of rotatable bonds is 7. The summed E-state index contributed by atoms with van der Waals surface area (Å²) in [6, 6.07) is 16.3. The third-order valence-corrected chi connectivity index (χ3v) is 3.58. The van der Waals surface area contributed by atoms with Crippen molar-refractivity contribution in [2.45, 2.75) is 26.3 Å². The predicted molar refractivity (Wildman–Crippen MR) is 89.2 cm³/mol. The van der Waals surface area contributed by atoms with Crippen molar-refractivity contribution >= 4 is 11.6 Å². The first kappa shape index (κ1) is 15.9. The van der Waals surface area contributed by atoms with Crippen molar-refractivity contribution in [1.82, 2.24) is 5.32 Å². The van der Waals surface area contributed by atoms with E-state index in [9.17, 15) is 0 Å². The average Bonchev–Trinajstić information content (AvgIpc) is 2.51. The summed E-state index contributed by atoms with van der Waals surface area (Å²) in [7, 11) is 0. The zero-order valence-electron chi connectivity index (χ0n) is 12.6. The minimum Gasteiger partial charge on any atom is -0.494 e. The van der Waals surface area contributed by atoms with Crippen molar-refractivity contribution in [3.05, 3.63) is 64.7 Å². The van der Waals surface area contributed by atoms with Crippen LogP contribution in [-0.2, 0) is 0 Å². The second kappa shape index (κ2) is 8.06. The lowest BCUT2D eigenvalue weighted by atomic mass is 9.97. The molecule has 1 atom stereocenters. The first-order chi connectivity index (χ1) is 10.3. The number of halogens is 1. The number of ether oxygens (including phenoxy) is 1. The first-order valence-electron chi connectivity index (χ1n) is 7.46. The van der Waals surface area contributed by atoms with Crippen molar-refractivity contribution in [3.63, 3.8) is 0 Å². The van der Waals surface area contributed by atoms with Crippen LogP contribution in [0.4, 0.5) is 0 Å². The van der Waals surface area contributed by atoms with Crippen molar-refractivity contribution in [2.24, 2.45) is 0 Å². The van der Waals surface area contributed by atoms with Gasteiger partial charge in [-0.3, -0.25) is 0 Å². The van der Waals surface area contributed by atoms with E-state index in [1.165, 1.54) is 5.56 Å². The van der Waals surface area contributed by atoms with Gasteiger partial charge in [0.25, 0.3) is 0 Å². The molecule has 0 amide bonds. The van der Waals surface area contributed by atoms with E-state index in [2.05, 4.69) is 30.4 Å². The largest absolute Gasteiger partial charge is 0.494 e. The lowest BCUT2D eigenvalue weighted by Gasteiger charge is -2.22. The second-order valence-electron chi connectivity index (χ2n) is 4.91. The van der Waals surface area contributed by atoms with E-state index in [0.717, 1.165) is 29.3 Å². The highest BCUT2D eigenvalue weighted by atomic mass is 35.5. The van der Waals surface area contributed by atoms with Crippen LogP contribution in [0.1, 0.15) is 37.4 Å². The van der Waals surface area contributed by atoms with Crippen LogP contribution in [0.5, 0.6) is 5.75 Å². The Kier molecular flexibility index (Phi) is 6.09. The normalized spacial score (nSPS) is 12.1. The molecule has 0 saturated carbocycles. The van der Waals surface area contributed by atoms with Gasteiger partial charge in [-0.25, -0.2) is 0 Å². The molecule has 0 heterocycles. The van der Waals surface area contributed by atoms with E-state index >= 15 is 0 Å². The molecule has 1 unspecified atom stereocenters. The van der Waals surface area contributed by atoms with Crippen LogP contribution < -0.4 is 10.1 Å². The Bertz CT molecular complexity index is 553. The molecule has 0 bridgehead atoms. The Morgan fingerprint density at radius 2 is 1.76 bits per heavy atom. The number of hydrogen-bond acceptors (Lipinski definition) is 2. The number of benzene rings is 2. The summed E-state index contributed by atoms with van der Waals surface area (Å²) in [6.07, 6.45) is 1.08. The standard InChI is InChI=1S/C18H22ClNO/c1-3-13-20-18(14-9-11-15(19)12-10-14)16-7-5-6-8-17(16)21-4-2/h5-12,18,20H,3-4,13H2,1-2H3. The molecule has 0 aliphatic heterocycles. The van der Waals surface area contributed by atoms with Crippen LogP contribution in [0.15, 0.2) is 48.5 Å². The summed E-state index contributed by atoms with van der Waals surface area (Å²) in [6.45, 7) is 5.79. The highest BCUT2D eigenvalue weighted by Gasteiger charge is 2.17. The topological polar surface area (TPSA) is 21.3 Å². The lowest BCUT2D eigenvalue weighted by Crippen LogP contribution is -2.23. The maximum atomic E-state index is 6.00. The minimum atomic E-state index is 0.116. The fraction of sp³-hybridized carbons (Fsp3) is 0.333. The Balaban J connectivity index is 2.37. The summed E-state index contributed by atoms with van der Waals surface area (Å²) in [4.78, 5) is 0. The van der Waals surface area contributed by atoms with Crippen molar-refractivity contribution in [3.8, 4) is 5.75 Å². The van der Waals surface area contributed by atoms with Crippen LogP contribution >= 0.6 is 11.6 Å². The van der Waals surface area contributed by atoms with E-state index in [4.69, 9.17) is 16.3 Å². The van der Waals surface area contributed by atoms with Gasteiger partial charge in [-0.2, -0.15) is 0 Å². The zero-order chi connectivity index (χ0) is 15.1. The monoisotopic (exact) mass is 303 g/mol. The molecule has 2 aromatic rings. The third kappa shape index (κ3) is 4.23. The van der Waals surface area contributed by atoms with Crippen LogP contribution in [0.3, 0.4) is 0 Å². The van der Waals surface area contributed by atoms with Gasteiger partial charge in [-0.15, -0.1) is 0 Å². The molecular weight excluding hydrogens is 282 g/mol. The molecule has 0 fully saturated rings. The quantitative estimate of drug-likeness (QED) is 0.791. The molecule has 2 nitrogen and oxygen atoms in total. The van der Waals surface area contributed by atoms with E-state index in [1.807, 2.05) is 37.3 Å². The van der Waals surface area contributed by atoms with Crippen molar-refractivity contribution < 1.29 is 4.74 Å². The Hall–Kier alpha value is -1.51. The third-order valence-electron chi connectivity index (χ3n) is 3.33. The van der Waals surface area contributed by atoms with Crippen LogP contribution in [-0.4, -0.2) is 13.2 Å². The second-order valence-corrected chi connectivity index (χ2v) is 5.35.